The number of hydrogen-bond acceptors (Lipinski definition) is 4. The number of para-hydroxylation sites is 1. The second-order valence-corrected chi connectivity index (χ2v) is 8.19. The van der Waals surface area contributed by atoms with E-state index in [2.05, 4.69) is 5.32 Å². The fraction of sp³-hybridized carbons (Fsp3) is 0.263. The topological polar surface area (TPSA) is 83.5 Å². The minimum Gasteiger partial charge on any atom is -0.321 e. The van der Waals surface area contributed by atoms with Crippen LogP contribution in [0.4, 0.5) is 5.69 Å². The average Bonchev–Trinajstić information content (AvgIpc) is 2.61. The summed E-state index contributed by atoms with van der Waals surface area (Å²) in [5.74, 6) is -0.570. The Morgan fingerprint density at radius 2 is 1.58 bits per heavy atom. The first-order valence-corrected chi connectivity index (χ1v) is 9.58. The third-order valence-corrected chi connectivity index (χ3v) is 6.12. The summed E-state index contributed by atoms with van der Waals surface area (Å²) in [6.07, 6.45) is 0. The lowest BCUT2D eigenvalue weighted by Gasteiger charge is -2.21. The maximum absolute atomic E-state index is 12.5. The third-order valence-electron chi connectivity index (χ3n) is 4.08. The number of carbonyl (C=O) groups is 2. The molecule has 1 amide bonds. The number of nitrogens with one attached hydrogen (secondary N) is 1. The molecule has 26 heavy (non-hydrogen) atoms. The second kappa shape index (κ2) is 7.80. The molecular weight excluding hydrogens is 352 g/mol. The first-order valence-electron chi connectivity index (χ1n) is 8.14. The van der Waals surface area contributed by atoms with Gasteiger partial charge in [0.15, 0.2) is 5.78 Å². The number of Topliss-reactive ketones (excluding diaryl/α,β-unsaturated/α-hetero) is 1. The molecule has 0 spiro atoms. The van der Waals surface area contributed by atoms with Gasteiger partial charge in [0, 0.05) is 24.2 Å². The zero-order valence-corrected chi connectivity index (χ0v) is 16.0. The van der Waals surface area contributed by atoms with Crippen molar-refractivity contribution in [3.8, 4) is 0 Å². The van der Waals surface area contributed by atoms with Crippen LogP contribution >= 0.6 is 0 Å². The maximum Gasteiger partial charge on any atom is 0.255 e. The molecule has 0 aromatic heterocycles. The predicted molar refractivity (Wildman–Crippen MR) is 101 cm³/mol. The predicted octanol–water partition coefficient (Wildman–Crippen LogP) is 3.17. The Bertz CT molecular complexity index is 919. The van der Waals surface area contributed by atoms with Crippen molar-refractivity contribution >= 4 is 27.4 Å². The Balaban J connectivity index is 2.24. The lowest BCUT2D eigenvalue weighted by atomic mass is 10.1. The molecule has 0 saturated carbocycles. The van der Waals surface area contributed by atoms with Gasteiger partial charge in [-0.1, -0.05) is 12.1 Å². The number of rotatable bonds is 6. The average molecular weight is 374 g/mol. The Hall–Kier alpha value is -2.51. The Morgan fingerprint density at radius 3 is 2.12 bits per heavy atom. The number of sulfonamides is 1. The van der Waals surface area contributed by atoms with E-state index in [1.54, 1.807) is 38.1 Å². The fourth-order valence-electron chi connectivity index (χ4n) is 2.32. The van der Waals surface area contributed by atoms with Gasteiger partial charge in [0.25, 0.3) is 5.91 Å². The van der Waals surface area contributed by atoms with Gasteiger partial charge in [-0.3, -0.25) is 9.59 Å². The molecule has 0 atom stereocenters. The summed E-state index contributed by atoms with van der Waals surface area (Å²) in [4.78, 5) is 24.2. The SMILES string of the molecule is CC(=O)c1ccccc1NC(=O)c1ccc(S(=O)(=O)N(C)C(C)C)cc1. The van der Waals surface area contributed by atoms with Crippen LogP contribution in [0.15, 0.2) is 53.4 Å². The minimum atomic E-state index is -3.60. The van der Waals surface area contributed by atoms with E-state index in [0.717, 1.165) is 0 Å². The van der Waals surface area contributed by atoms with E-state index in [1.807, 2.05) is 0 Å². The van der Waals surface area contributed by atoms with E-state index in [4.69, 9.17) is 0 Å². The normalized spacial score (nSPS) is 11.6. The van der Waals surface area contributed by atoms with Gasteiger partial charge in [-0.05, 0) is 57.2 Å². The molecule has 0 radical (unpaired) electrons. The smallest absolute Gasteiger partial charge is 0.255 e. The Labute approximate surface area is 153 Å². The quantitative estimate of drug-likeness (QED) is 0.787. The molecule has 0 aliphatic rings. The number of benzene rings is 2. The molecule has 2 aromatic rings. The molecule has 0 aliphatic heterocycles. The van der Waals surface area contributed by atoms with E-state index in [-0.39, 0.29) is 16.7 Å². The third kappa shape index (κ3) is 4.17. The molecule has 1 N–H and O–H groups in total. The first kappa shape index (κ1) is 19.8. The highest BCUT2D eigenvalue weighted by Crippen LogP contribution is 2.19. The molecule has 0 unspecified atom stereocenters. The van der Waals surface area contributed by atoms with Crippen LogP contribution in [0.2, 0.25) is 0 Å². The first-order chi connectivity index (χ1) is 12.1. The number of amides is 1. The van der Waals surface area contributed by atoms with Crippen molar-refractivity contribution in [2.45, 2.75) is 31.7 Å². The molecule has 2 aromatic carbocycles. The van der Waals surface area contributed by atoms with Crippen LogP contribution < -0.4 is 5.32 Å². The highest BCUT2D eigenvalue weighted by molar-refractivity contribution is 7.89. The molecule has 7 heteroatoms. The van der Waals surface area contributed by atoms with Crippen LogP contribution in [0.3, 0.4) is 0 Å². The lowest BCUT2D eigenvalue weighted by Crippen LogP contribution is -2.33. The van der Waals surface area contributed by atoms with Crippen LogP contribution in [0.5, 0.6) is 0 Å². The summed E-state index contributed by atoms with van der Waals surface area (Å²) in [5.41, 5.74) is 1.13. The molecule has 0 aliphatic carbocycles. The molecule has 138 valence electrons. The summed E-state index contributed by atoms with van der Waals surface area (Å²) in [6.45, 7) is 4.99. The molecule has 6 nitrogen and oxygen atoms in total. The van der Waals surface area contributed by atoms with Gasteiger partial charge in [0.05, 0.1) is 10.6 Å². The van der Waals surface area contributed by atoms with Crippen molar-refractivity contribution in [1.82, 2.24) is 4.31 Å². The molecular formula is C19H22N2O4S. The number of nitrogens with zero attached hydrogens (tertiary/aromatic N) is 1. The Kier molecular flexibility index (Phi) is 5.94. The number of ketones is 1. The van der Waals surface area contributed by atoms with E-state index < -0.39 is 15.9 Å². The van der Waals surface area contributed by atoms with Crippen molar-refractivity contribution in [3.05, 3.63) is 59.7 Å². The van der Waals surface area contributed by atoms with Crippen LogP contribution in [0.1, 0.15) is 41.5 Å². The van der Waals surface area contributed by atoms with Crippen LogP contribution in [0.25, 0.3) is 0 Å². The summed E-state index contributed by atoms with van der Waals surface area (Å²) in [6, 6.07) is 12.3. The number of carbonyl (C=O) groups excluding carboxylic acids is 2. The van der Waals surface area contributed by atoms with Gasteiger partial charge in [0.1, 0.15) is 0 Å². The van der Waals surface area contributed by atoms with Crippen LogP contribution in [-0.2, 0) is 10.0 Å². The monoisotopic (exact) mass is 374 g/mol. The summed E-state index contributed by atoms with van der Waals surface area (Å²) in [7, 11) is -2.09. The molecule has 0 heterocycles. The standard InChI is InChI=1S/C19H22N2O4S/c1-13(2)21(4)26(24,25)16-11-9-15(10-12-16)19(23)20-18-8-6-5-7-17(18)14(3)22/h5-13H,1-4H3,(H,20,23). The summed E-state index contributed by atoms with van der Waals surface area (Å²) < 4.78 is 26.2. The largest absolute Gasteiger partial charge is 0.321 e. The van der Waals surface area contributed by atoms with E-state index in [1.165, 1.54) is 42.5 Å². The summed E-state index contributed by atoms with van der Waals surface area (Å²) in [5, 5.41) is 2.69. The van der Waals surface area contributed by atoms with Gasteiger partial charge in [-0.2, -0.15) is 4.31 Å². The highest BCUT2D eigenvalue weighted by Gasteiger charge is 2.23. The van der Waals surface area contributed by atoms with Gasteiger partial charge in [-0.25, -0.2) is 8.42 Å². The fourth-order valence-corrected chi connectivity index (χ4v) is 3.68. The van der Waals surface area contributed by atoms with E-state index in [9.17, 15) is 18.0 Å². The van der Waals surface area contributed by atoms with E-state index >= 15 is 0 Å². The van der Waals surface area contributed by atoms with Gasteiger partial charge < -0.3 is 5.32 Å². The molecule has 0 bridgehead atoms. The van der Waals surface area contributed by atoms with Crippen molar-refractivity contribution < 1.29 is 18.0 Å². The highest BCUT2D eigenvalue weighted by atomic mass is 32.2. The molecule has 0 fully saturated rings. The van der Waals surface area contributed by atoms with Crippen LogP contribution in [-0.4, -0.2) is 37.5 Å². The lowest BCUT2D eigenvalue weighted by molar-refractivity contribution is 0.101. The van der Waals surface area contributed by atoms with Crippen molar-refractivity contribution in [3.63, 3.8) is 0 Å². The van der Waals surface area contributed by atoms with Gasteiger partial charge in [-0.15, -0.1) is 0 Å². The summed E-state index contributed by atoms with van der Waals surface area (Å²) >= 11 is 0. The second-order valence-electron chi connectivity index (χ2n) is 6.20. The zero-order chi connectivity index (χ0) is 19.5. The van der Waals surface area contributed by atoms with Gasteiger partial charge >= 0.3 is 0 Å². The van der Waals surface area contributed by atoms with Gasteiger partial charge in [0.2, 0.25) is 10.0 Å². The van der Waals surface area contributed by atoms with Crippen molar-refractivity contribution in [2.75, 3.05) is 12.4 Å². The molecule has 0 saturated heterocycles. The molecule has 2 rings (SSSR count). The minimum absolute atomic E-state index is 0.120. The zero-order valence-electron chi connectivity index (χ0n) is 15.2. The number of hydrogen-bond donors (Lipinski definition) is 1. The van der Waals surface area contributed by atoms with E-state index in [0.29, 0.717) is 16.8 Å². The Morgan fingerprint density at radius 1 is 1.00 bits per heavy atom. The van der Waals surface area contributed by atoms with Crippen molar-refractivity contribution in [2.24, 2.45) is 0 Å². The number of anilines is 1. The van der Waals surface area contributed by atoms with Crippen LogP contribution in [0, 0.1) is 0 Å². The maximum atomic E-state index is 12.5. The van der Waals surface area contributed by atoms with Crippen molar-refractivity contribution in [1.29, 1.82) is 0 Å².